The average molecular weight is 341 g/mol. The zero-order chi connectivity index (χ0) is 17.9. The van der Waals surface area contributed by atoms with Crippen molar-refractivity contribution < 1.29 is 14.3 Å². The van der Waals surface area contributed by atoms with Crippen LogP contribution in [0.2, 0.25) is 0 Å². The molecule has 1 atom stereocenters. The molecule has 0 radical (unpaired) electrons. The van der Waals surface area contributed by atoms with Gasteiger partial charge in [0, 0.05) is 26.1 Å². The molecule has 0 aliphatic carbocycles. The summed E-state index contributed by atoms with van der Waals surface area (Å²) in [4.78, 5) is 31.4. The molecule has 2 heterocycles. The largest absolute Gasteiger partial charge is 0.382 e. The molecular formula is C19H23N3O3. The van der Waals surface area contributed by atoms with Gasteiger partial charge in [0.15, 0.2) is 0 Å². The molecule has 1 aliphatic heterocycles. The van der Waals surface area contributed by atoms with Crippen LogP contribution in [0.3, 0.4) is 0 Å². The summed E-state index contributed by atoms with van der Waals surface area (Å²) in [6.07, 6.45) is 1.82. The van der Waals surface area contributed by atoms with Crippen molar-refractivity contribution in [2.24, 2.45) is 0 Å². The molecule has 0 saturated carbocycles. The summed E-state index contributed by atoms with van der Waals surface area (Å²) in [5.41, 5.74) is 0.577. The number of carbonyl (C=O) groups excluding carboxylic acids is 2. The summed E-state index contributed by atoms with van der Waals surface area (Å²) in [5.74, 6) is -0.243. The highest BCUT2D eigenvalue weighted by Crippen LogP contribution is 2.34. The van der Waals surface area contributed by atoms with Crippen molar-refractivity contribution in [2.45, 2.75) is 24.8 Å². The van der Waals surface area contributed by atoms with E-state index in [0.717, 1.165) is 23.7 Å². The van der Waals surface area contributed by atoms with E-state index in [4.69, 9.17) is 4.74 Å². The third-order valence-corrected chi connectivity index (χ3v) is 4.84. The van der Waals surface area contributed by atoms with E-state index in [1.807, 2.05) is 30.3 Å². The zero-order valence-corrected chi connectivity index (χ0v) is 14.6. The van der Waals surface area contributed by atoms with Gasteiger partial charge in [-0.3, -0.25) is 9.59 Å². The molecular weight excluding hydrogens is 318 g/mol. The molecule has 0 bridgehead atoms. The van der Waals surface area contributed by atoms with Crippen molar-refractivity contribution in [3.05, 3.63) is 42.1 Å². The van der Waals surface area contributed by atoms with Gasteiger partial charge in [0.25, 0.3) is 5.91 Å². The van der Waals surface area contributed by atoms with E-state index in [-0.39, 0.29) is 18.2 Å². The molecule has 1 fully saturated rings. The van der Waals surface area contributed by atoms with Gasteiger partial charge >= 0.3 is 0 Å². The minimum atomic E-state index is -0.612. The first kappa shape index (κ1) is 17.4. The summed E-state index contributed by atoms with van der Waals surface area (Å²) in [5, 5.41) is 3.64. The Morgan fingerprint density at radius 3 is 2.84 bits per heavy atom. The van der Waals surface area contributed by atoms with E-state index in [9.17, 15) is 9.59 Å². The second-order valence-corrected chi connectivity index (χ2v) is 6.46. The molecule has 2 amide bonds. The van der Waals surface area contributed by atoms with Crippen LogP contribution in [0.25, 0.3) is 10.9 Å². The lowest BCUT2D eigenvalue weighted by atomic mass is 9.92. The van der Waals surface area contributed by atoms with E-state index in [1.165, 1.54) is 0 Å². The van der Waals surface area contributed by atoms with Gasteiger partial charge in [-0.25, -0.2) is 4.98 Å². The first-order valence-electron chi connectivity index (χ1n) is 8.47. The number of rotatable bonds is 5. The Kier molecular flexibility index (Phi) is 4.99. The predicted octanol–water partition coefficient (Wildman–Crippen LogP) is 1.99. The van der Waals surface area contributed by atoms with Crippen LogP contribution >= 0.6 is 0 Å². The van der Waals surface area contributed by atoms with Crippen LogP contribution in [-0.2, 0) is 9.53 Å². The second kappa shape index (κ2) is 7.19. The van der Waals surface area contributed by atoms with Gasteiger partial charge in [-0.05, 0) is 25.0 Å². The fourth-order valence-corrected chi connectivity index (χ4v) is 3.62. The number of nitrogens with one attached hydrogen (secondary N) is 1. The standard InChI is InChI=1S/C19H23N3O3/c1-20-17(23)12-19(13-25-2)10-5-11-22(19)18(24)16-9-8-14-6-3-4-7-15(14)21-16/h3-4,6-9H,5,10-13H2,1-2H3,(H,20,23). The van der Waals surface area contributed by atoms with Crippen LogP contribution in [0.5, 0.6) is 0 Å². The summed E-state index contributed by atoms with van der Waals surface area (Å²) in [7, 11) is 3.20. The molecule has 132 valence electrons. The number of ether oxygens (including phenoxy) is 1. The molecule has 0 spiro atoms. The topological polar surface area (TPSA) is 71.5 Å². The maximum atomic E-state index is 13.1. The molecule has 1 aromatic carbocycles. The SMILES string of the molecule is CNC(=O)CC1(COC)CCCN1C(=O)c1ccc2ccccc2n1. The van der Waals surface area contributed by atoms with Gasteiger partial charge in [0.05, 0.1) is 24.1 Å². The summed E-state index contributed by atoms with van der Waals surface area (Å²) < 4.78 is 5.37. The molecule has 1 aromatic heterocycles. The number of methoxy groups -OCH3 is 1. The zero-order valence-electron chi connectivity index (χ0n) is 14.6. The molecule has 2 aromatic rings. The van der Waals surface area contributed by atoms with Gasteiger partial charge in [0.1, 0.15) is 5.69 Å². The normalized spacial score (nSPS) is 20.0. The van der Waals surface area contributed by atoms with Gasteiger partial charge in [0.2, 0.25) is 5.91 Å². The van der Waals surface area contributed by atoms with Crippen molar-refractivity contribution in [3.63, 3.8) is 0 Å². The highest BCUT2D eigenvalue weighted by atomic mass is 16.5. The van der Waals surface area contributed by atoms with E-state index in [2.05, 4.69) is 10.3 Å². The Balaban J connectivity index is 1.93. The fraction of sp³-hybridized carbons (Fsp3) is 0.421. The molecule has 1 unspecified atom stereocenters. The Hall–Kier alpha value is -2.47. The van der Waals surface area contributed by atoms with Crippen molar-refractivity contribution >= 4 is 22.7 Å². The van der Waals surface area contributed by atoms with E-state index < -0.39 is 5.54 Å². The van der Waals surface area contributed by atoms with E-state index >= 15 is 0 Å². The number of hydrogen-bond donors (Lipinski definition) is 1. The number of likely N-dealkylation sites (tertiary alicyclic amines) is 1. The number of fused-ring (bicyclic) bond motifs is 1. The lowest BCUT2D eigenvalue weighted by Crippen LogP contribution is -2.53. The van der Waals surface area contributed by atoms with Crippen molar-refractivity contribution in [3.8, 4) is 0 Å². The van der Waals surface area contributed by atoms with Crippen molar-refractivity contribution in [1.29, 1.82) is 0 Å². The average Bonchev–Trinajstić information content (AvgIpc) is 3.03. The highest BCUT2D eigenvalue weighted by Gasteiger charge is 2.45. The second-order valence-electron chi connectivity index (χ2n) is 6.46. The molecule has 3 rings (SSSR count). The summed E-state index contributed by atoms with van der Waals surface area (Å²) in [6.45, 7) is 0.938. The van der Waals surface area contributed by atoms with Gasteiger partial charge < -0.3 is 15.0 Å². The maximum absolute atomic E-state index is 13.1. The van der Waals surface area contributed by atoms with Crippen LogP contribution < -0.4 is 5.32 Å². The van der Waals surface area contributed by atoms with Crippen LogP contribution in [0.15, 0.2) is 36.4 Å². The van der Waals surface area contributed by atoms with E-state index in [0.29, 0.717) is 18.8 Å². The Labute approximate surface area is 147 Å². The molecule has 1 saturated heterocycles. The lowest BCUT2D eigenvalue weighted by molar-refractivity contribution is -0.123. The Morgan fingerprint density at radius 1 is 1.28 bits per heavy atom. The number of hydrogen-bond acceptors (Lipinski definition) is 4. The quantitative estimate of drug-likeness (QED) is 0.903. The number of aromatic nitrogens is 1. The summed E-state index contributed by atoms with van der Waals surface area (Å²) >= 11 is 0. The highest BCUT2D eigenvalue weighted by molar-refractivity contribution is 5.96. The van der Waals surface area contributed by atoms with Crippen molar-refractivity contribution in [1.82, 2.24) is 15.2 Å². The van der Waals surface area contributed by atoms with Crippen LogP contribution in [0.4, 0.5) is 0 Å². The van der Waals surface area contributed by atoms with Crippen molar-refractivity contribution in [2.75, 3.05) is 27.3 Å². The number of amides is 2. The lowest BCUT2D eigenvalue weighted by Gasteiger charge is -2.37. The first-order valence-corrected chi connectivity index (χ1v) is 8.47. The summed E-state index contributed by atoms with van der Waals surface area (Å²) in [6, 6.07) is 11.4. The first-order chi connectivity index (χ1) is 12.1. The minimum Gasteiger partial charge on any atom is -0.382 e. The monoisotopic (exact) mass is 341 g/mol. The molecule has 1 aliphatic rings. The number of nitrogens with zero attached hydrogens (tertiary/aromatic N) is 2. The number of carbonyl (C=O) groups is 2. The molecule has 6 nitrogen and oxygen atoms in total. The van der Waals surface area contributed by atoms with Crippen LogP contribution in [0.1, 0.15) is 29.8 Å². The maximum Gasteiger partial charge on any atom is 0.273 e. The number of benzene rings is 1. The smallest absolute Gasteiger partial charge is 0.273 e. The molecule has 6 heteroatoms. The van der Waals surface area contributed by atoms with E-state index in [1.54, 1.807) is 25.1 Å². The third kappa shape index (κ3) is 3.35. The van der Waals surface area contributed by atoms with Gasteiger partial charge in [-0.15, -0.1) is 0 Å². The Bertz CT molecular complexity index is 792. The minimum absolute atomic E-state index is 0.0942. The van der Waals surface area contributed by atoms with Crippen LogP contribution in [0, 0.1) is 0 Å². The van der Waals surface area contributed by atoms with Gasteiger partial charge in [-0.2, -0.15) is 0 Å². The third-order valence-electron chi connectivity index (χ3n) is 4.84. The fourth-order valence-electron chi connectivity index (χ4n) is 3.62. The van der Waals surface area contributed by atoms with Crippen LogP contribution in [-0.4, -0.2) is 54.5 Å². The number of pyridine rings is 1. The predicted molar refractivity (Wildman–Crippen MR) is 95.3 cm³/mol. The Morgan fingerprint density at radius 2 is 2.08 bits per heavy atom. The van der Waals surface area contributed by atoms with Gasteiger partial charge in [-0.1, -0.05) is 24.3 Å². The number of para-hydroxylation sites is 1. The molecule has 1 N–H and O–H groups in total. The molecule has 25 heavy (non-hydrogen) atoms.